The lowest BCUT2D eigenvalue weighted by molar-refractivity contribution is -0.141. The second-order valence-electron chi connectivity index (χ2n) is 3.86. The van der Waals surface area contributed by atoms with Crippen LogP contribution in [0.3, 0.4) is 0 Å². The Labute approximate surface area is 109 Å². The van der Waals surface area contributed by atoms with Gasteiger partial charge in [-0.1, -0.05) is 0 Å². The van der Waals surface area contributed by atoms with Gasteiger partial charge in [0, 0.05) is 11.8 Å². The summed E-state index contributed by atoms with van der Waals surface area (Å²) in [5.74, 6) is 0. The van der Waals surface area contributed by atoms with Crippen molar-refractivity contribution in [2.45, 2.75) is 12.4 Å². The second-order valence-corrected chi connectivity index (χ2v) is 3.86. The molecule has 1 aromatic heterocycles. The summed E-state index contributed by atoms with van der Waals surface area (Å²) in [6, 6.07) is 3.67. The number of nitrogens with zero attached hydrogens (tertiary/aromatic N) is 2. The van der Waals surface area contributed by atoms with Crippen molar-refractivity contribution in [3.63, 3.8) is 0 Å². The maximum Gasteiger partial charge on any atom is 0.417 e. The monoisotopic (exact) mass is 292 g/mol. The Hall–Kier alpha value is -2.12. The van der Waals surface area contributed by atoms with E-state index < -0.39 is 29.0 Å². The first-order valence-electron chi connectivity index (χ1n) is 5.26. The first-order valence-corrected chi connectivity index (χ1v) is 5.26. The van der Waals surface area contributed by atoms with Gasteiger partial charge < -0.3 is 0 Å². The first kappa shape index (κ1) is 14.3. The summed E-state index contributed by atoms with van der Waals surface area (Å²) in [4.78, 5) is 0. The Balaban J connectivity index is 2.67. The van der Waals surface area contributed by atoms with Gasteiger partial charge in [-0.05, 0) is 30.3 Å². The van der Waals surface area contributed by atoms with Crippen LogP contribution in [0.4, 0.5) is 26.3 Å². The van der Waals surface area contributed by atoms with Crippen LogP contribution < -0.4 is 0 Å². The van der Waals surface area contributed by atoms with Crippen molar-refractivity contribution in [2.75, 3.05) is 0 Å². The van der Waals surface area contributed by atoms with Gasteiger partial charge in [0.15, 0.2) is 0 Å². The molecule has 0 aliphatic rings. The van der Waals surface area contributed by atoms with Crippen molar-refractivity contribution in [1.82, 2.24) is 10.2 Å². The van der Waals surface area contributed by atoms with Crippen LogP contribution in [-0.2, 0) is 12.4 Å². The number of benzene rings is 1. The molecular weight excluding hydrogens is 286 g/mol. The van der Waals surface area contributed by atoms with Crippen molar-refractivity contribution in [2.24, 2.45) is 0 Å². The molecule has 2 nitrogen and oxygen atoms in total. The van der Waals surface area contributed by atoms with E-state index in [1.165, 1.54) is 12.3 Å². The number of rotatable bonds is 1. The van der Waals surface area contributed by atoms with Gasteiger partial charge in [-0.25, -0.2) is 0 Å². The topological polar surface area (TPSA) is 25.8 Å². The van der Waals surface area contributed by atoms with Crippen molar-refractivity contribution in [3.05, 3.63) is 47.7 Å². The number of aromatic nitrogens is 2. The molecule has 1 heterocycles. The summed E-state index contributed by atoms with van der Waals surface area (Å²) in [5, 5.41) is 6.81. The highest BCUT2D eigenvalue weighted by Gasteiger charge is 2.37. The lowest BCUT2D eigenvalue weighted by Crippen LogP contribution is -2.11. The van der Waals surface area contributed by atoms with Crippen LogP contribution in [0.25, 0.3) is 11.3 Å². The molecule has 0 fully saturated rings. The number of alkyl halides is 6. The molecule has 0 atom stereocenters. The molecule has 0 aliphatic heterocycles. The molecule has 0 spiro atoms. The van der Waals surface area contributed by atoms with E-state index in [2.05, 4.69) is 10.2 Å². The summed E-state index contributed by atoms with van der Waals surface area (Å²) in [5.41, 5.74) is -3.29. The standard InChI is InChI=1S/C12H6F6N2/c13-11(14,15)7-3-4-9(12(16,17)18)8(6-7)10-2-1-5-19-20-10/h1-6H. The minimum absolute atomic E-state index is 0.272. The summed E-state index contributed by atoms with van der Waals surface area (Å²) in [6.45, 7) is 0. The lowest BCUT2D eigenvalue weighted by Gasteiger charge is -2.15. The normalized spacial score (nSPS) is 12.5. The quantitative estimate of drug-likeness (QED) is 0.737. The maximum absolute atomic E-state index is 12.8. The van der Waals surface area contributed by atoms with E-state index in [-0.39, 0.29) is 5.69 Å². The molecule has 20 heavy (non-hydrogen) atoms. The highest BCUT2D eigenvalue weighted by atomic mass is 19.4. The van der Waals surface area contributed by atoms with E-state index in [4.69, 9.17) is 0 Å². The summed E-state index contributed by atoms with van der Waals surface area (Å²) >= 11 is 0. The van der Waals surface area contributed by atoms with E-state index in [9.17, 15) is 26.3 Å². The van der Waals surface area contributed by atoms with Crippen LogP contribution in [0.15, 0.2) is 36.5 Å². The predicted octanol–water partition coefficient (Wildman–Crippen LogP) is 4.18. The van der Waals surface area contributed by atoms with Gasteiger partial charge in [-0.3, -0.25) is 0 Å². The number of hydrogen-bond donors (Lipinski definition) is 0. The molecule has 0 saturated carbocycles. The Morgan fingerprint density at radius 1 is 0.850 bits per heavy atom. The van der Waals surface area contributed by atoms with Crippen LogP contribution >= 0.6 is 0 Å². The highest BCUT2D eigenvalue weighted by Crippen LogP contribution is 2.39. The molecule has 2 aromatic rings. The van der Waals surface area contributed by atoms with Gasteiger partial charge in [0.05, 0.1) is 16.8 Å². The third-order valence-electron chi connectivity index (χ3n) is 2.50. The zero-order chi connectivity index (χ0) is 15.0. The minimum Gasteiger partial charge on any atom is -0.166 e. The fourth-order valence-electron chi connectivity index (χ4n) is 1.62. The van der Waals surface area contributed by atoms with E-state index in [1.807, 2.05) is 0 Å². The smallest absolute Gasteiger partial charge is 0.166 e. The molecule has 106 valence electrons. The Morgan fingerprint density at radius 2 is 1.55 bits per heavy atom. The van der Waals surface area contributed by atoms with Gasteiger partial charge in [0.25, 0.3) is 0 Å². The first-order chi connectivity index (χ1) is 9.19. The van der Waals surface area contributed by atoms with Crippen LogP contribution in [0.1, 0.15) is 11.1 Å². The van der Waals surface area contributed by atoms with Gasteiger partial charge in [-0.2, -0.15) is 36.5 Å². The third-order valence-corrected chi connectivity index (χ3v) is 2.50. The Bertz CT molecular complexity index is 604. The molecule has 2 rings (SSSR count). The molecule has 0 amide bonds. The van der Waals surface area contributed by atoms with E-state index in [0.717, 1.165) is 6.07 Å². The zero-order valence-corrected chi connectivity index (χ0v) is 9.63. The van der Waals surface area contributed by atoms with Gasteiger partial charge in [0.1, 0.15) is 0 Å². The van der Waals surface area contributed by atoms with E-state index in [0.29, 0.717) is 18.2 Å². The number of halogens is 6. The van der Waals surface area contributed by atoms with Gasteiger partial charge in [0.2, 0.25) is 0 Å². The zero-order valence-electron chi connectivity index (χ0n) is 9.63. The maximum atomic E-state index is 12.8. The van der Waals surface area contributed by atoms with Crippen LogP contribution in [0, 0.1) is 0 Å². The molecule has 0 radical (unpaired) electrons. The predicted molar refractivity (Wildman–Crippen MR) is 57.5 cm³/mol. The SMILES string of the molecule is FC(F)(F)c1ccc(C(F)(F)F)c(-c2cccnn2)c1. The summed E-state index contributed by atoms with van der Waals surface area (Å²) in [7, 11) is 0. The molecule has 8 heteroatoms. The molecule has 0 bridgehead atoms. The fourth-order valence-corrected chi connectivity index (χ4v) is 1.62. The van der Waals surface area contributed by atoms with Gasteiger partial charge in [-0.15, -0.1) is 0 Å². The molecule has 0 unspecified atom stereocenters. The average Bonchev–Trinajstić information content (AvgIpc) is 2.37. The Kier molecular flexibility index (Phi) is 3.41. The molecular formula is C12H6F6N2. The molecule has 1 aromatic carbocycles. The molecule has 0 saturated heterocycles. The summed E-state index contributed by atoms with van der Waals surface area (Å²) < 4.78 is 76.3. The second kappa shape index (κ2) is 4.77. The lowest BCUT2D eigenvalue weighted by atomic mass is 10.0. The van der Waals surface area contributed by atoms with Crippen molar-refractivity contribution < 1.29 is 26.3 Å². The van der Waals surface area contributed by atoms with Crippen LogP contribution in [-0.4, -0.2) is 10.2 Å². The van der Waals surface area contributed by atoms with Gasteiger partial charge >= 0.3 is 12.4 Å². The Morgan fingerprint density at radius 3 is 2.05 bits per heavy atom. The molecule has 0 N–H and O–H groups in total. The van der Waals surface area contributed by atoms with Crippen molar-refractivity contribution >= 4 is 0 Å². The van der Waals surface area contributed by atoms with Crippen LogP contribution in [0.5, 0.6) is 0 Å². The largest absolute Gasteiger partial charge is 0.417 e. The van der Waals surface area contributed by atoms with E-state index >= 15 is 0 Å². The van der Waals surface area contributed by atoms with Crippen LogP contribution in [0.2, 0.25) is 0 Å². The van der Waals surface area contributed by atoms with E-state index in [1.54, 1.807) is 0 Å². The fraction of sp³-hybridized carbons (Fsp3) is 0.167. The molecule has 0 aliphatic carbocycles. The average molecular weight is 292 g/mol. The third kappa shape index (κ3) is 2.89. The van der Waals surface area contributed by atoms with Crippen molar-refractivity contribution in [3.8, 4) is 11.3 Å². The van der Waals surface area contributed by atoms with Crippen molar-refractivity contribution in [1.29, 1.82) is 0 Å². The number of hydrogen-bond acceptors (Lipinski definition) is 2. The minimum atomic E-state index is -4.78. The summed E-state index contributed by atoms with van der Waals surface area (Å²) in [6.07, 6.45) is -8.30. The highest BCUT2D eigenvalue weighted by molar-refractivity contribution is 5.65.